The monoisotopic (exact) mass is 392 g/mol. The molecule has 0 heterocycles. The third-order valence-corrected chi connectivity index (χ3v) is 3.95. The Labute approximate surface area is 150 Å². The summed E-state index contributed by atoms with van der Waals surface area (Å²) in [6.45, 7) is 0.876. The lowest BCUT2D eigenvalue weighted by atomic mass is 10.2. The van der Waals surface area contributed by atoms with Gasteiger partial charge >= 0.3 is 0 Å². The summed E-state index contributed by atoms with van der Waals surface area (Å²) in [5, 5.41) is 2.88. The van der Waals surface area contributed by atoms with Gasteiger partial charge < -0.3 is 14.8 Å². The van der Waals surface area contributed by atoms with Gasteiger partial charge in [-0.15, -0.1) is 0 Å². The third-order valence-electron chi connectivity index (χ3n) is 3.46. The minimum atomic E-state index is -0.0666. The van der Waals surface area contributed by atoms with Crippen LogP contribution in [0, 0.1) is 0 Å². The molecule has 0 atom stereocenters. The lowest BCUT2D eigenvalue weighted by Crippen LogP contribution is -2.30. The predicted molar refractivity (Wildman–Crippen MR) is 98.7 cm³/mol. The summed E-state index contributed by atoms with van der Waals surface area (Å²) >= 11 is 3.39. The van der Waals surface area contributed by atoms with Gasteiger partial charge in [-0.25, -0.2) is 0 Å². The standard InChI is InChI=1S/C18H21BrN2O3/c1-21(11-13-7-8-16(23-2)10-17(13)24-3)12-18(22)20-15-6-4-5-14(19)9-15/h4-10H,11-12H2,1-3H3,(H,20,22). The molecule has 0 saturated carbocycles. The van der Waals surface area contributed by atoms with Gasteiger partial charge in [0.05, 0.1) is 20.8 Å². The smallest absolute Gasteiger partial charge is 0.238 e. The maximum absolute atomic E-state index is 12.2. The number of ether oxygens (including phenoxy) is 2. The fourth-order valence-electron chi connectivity index (χ4n) is 2.34. The number of rotatable bonds is 7. The minimum Gasteiger partial charge on any atom is -0.497 e. The van der Waals surface area contributed by atoms with Crippen molar-refractivity contribution in [2.75, 3.05) is 33.1 Å². The van der Waals surface area contributed by atoms with Crippen molar-refractivity contribution in [2.45, 2.75) is 6.54 Å². The number of amides is 1. The van der Waals surface area contributed by atoms with E-state index in [1.807, 2.05) is 54.4 Å². The molecule has 0 aromatic heterocycles. The maximum atomic E-state index is 12.2. The molecule has 0 bridgehead atoms. The minimum absolute atomic E-state index is 0.0666. The lowest BCUT2D eigenvalue weighted by Gasteiger charge is -2.18. The Morgan fingerprint density at radius 1 is 1.17 bits per heavy atom. The molecule has 0 radical (unpaired) electrons. The second-order valence-electron chi connectivity index (χ2n) is 5.41. The van der Waals surface area contributed by atoms with Crippen LogP contribution in [0.3, 0.4) is 0 Å². The van der Waals surface area contributed by atoms with E-state index >= 15 is 0 Å². The highest BCUT2D eigenvalue weighted by atomic mass is 79.9. The van der Waals surface area contributed by atoms with Crippen LogP contribution in [0.25, 0.3) is 0 Å². The van der Waals surface area contributed by atoms with Crippen LogP contribution in [0.1, 0.15) is 5.56 Å². The normalized spacial score (nSPS) is 10.5. The highest BCUT2D eigenvalue weighted by molar-refractivity contribution is 9.10. The van der Waals surface area contributed by atoms with Crippen molar-refractivity contribution < 1.29 is 14.3 Å². The first-order chi connectivity index (χ1) is 11.5. The van der Waals surface area contributed by atoms with Gasteiger partial charge in [0.15, 0.2) is 0 Å². The molecule has 5 nitrogen and oxygen atoms in total. The van der Waals surface area contributed by atoms with Gasteiger partial charge in [0.25, 0.3) is 0 Å². The average Bonchev–Trinajstić information content (AvgIpc) is 2.54. The van der Waals surface area contributed by atoms with Crippen LogP contribution in [0.2, 0.25) is 0 Å². The number of likely N-dealkylation sites (N-methyl/N-ethyl adjacent to an activating group) is 1. The highest BCUT2D eigenvalue weighted by Crippen LogP contribution is 2.25. The Hall–Kier alpha value is -2.05. The van der Waals surface area contributed by atoms with Gasteiger partial charge in [0.1, 0.15) is 11.5 Å². The Balaban J connectivity index is 1.95. The van der Waals surface area contributed by atoms with Crippen molar-refractivity contribution in [3.8, 4) is 11.5 Å². The number of carbonyl (C=O) groups is 1. The molecule has 1 N–H and O–H groups in total. The van der Waals surface area contributed by atoms with E-state index in [2.05, 4.69) is 21.2 Å². The number of hydrogen-bond acceptors (Lipinski definition) is 4. The van der Waals surface area contributed by atoms with Crippen molar-refractivity contribution in [2.24, 2.45) is 0 Å². The first-order valence-corrected chi connectivity index (χ1v) is 8.26. The van der Waals surface area contributed by atoms with Crippen molar-refractivity contribution in [1.29, 1.82) is 0 Å². The molecule has 128 valence electrons. The number of nitrogens with one attached hydrogen (secondary N) is 1. The zero-order chi connectivity index (χ0) is 17.5. The molecule has 0 aliphatic carbocycles. The lowest BCUT2D eigenvalue weighted by molar-refractivity contribution is -0.117. The quantitative estimate of drug-likeness (QED) is 0.782. The summed E-state index contributed by atoms with van der Waals surface area (Å²) in [4.78, 5) is 14.1. The highest BCUT2D eigenvalue weighted by Gasteiger charge is 2.11. The van der Waals surface area contributed by atoms with Gasteiger partial charge in [0, 0.05) is 28.3 Å². The van der Waals surface area contributed by atoms with Crippen LogP contribution in [0.5, 0.6) is 11.5 Å². The third kappa shape index (κ3) is 5.25. The summed E-state index contributed by atoms with van der Waals surface area (Å²) in [6.07, 6.45) is 0. The molecule has 0 aliphatic rings. The summed E-state index contributed by atoms with van der Waals surface area (Å²) < 4.78 is 11.5. The molecule has 2 rings (SSSR count). The zero-order valence-corrected chi connectivity index (χ0v) is 15.6. The van der Waals surface area contributed by atoms with Gasteiger partial charge in [-0.1, -0.05) is 28.1 Å². The molecular weight excluding hydrogens is 372 g/mol. The summed E-state index contributed by atoms with van der Waals surface area (Å²) in [7, 11) is 5.13. The number of methoxy groups -OCH3 is 2. The average molecular weight is 393 g/mol. The van der Waals surface area contributed by atoms with E-state index in [0.29, 0.717) is 6.54 Å². The largest absolute Gasteiger partial charge is 0.497 e. The van der Waals surface area contributed by atoms with Gasteiger partial charge in [-0.2, -0.15) is 0 Å². The van der Waals surface area contributed by atoms with E-state index in [1.54, 1.807) is 14.2 Å². The van der Waals surface area contributed by atoms with Crippen LogP contribution in [0.15, 0.2) is 46.9 Å². The second-order valence-corrected chi connectivity index (χ2v) is 6.32. The fraction of sp³-hybridized carbons (Fsp3) is 0.278. The van der Waals surface area contributed by atoms with Gasteiger partial charge in [-0.3, -0.25) is 9.69 Å². The molecule has 0 saturated heterocycles. The zero-order valence-electron chi connectivity index (χ0n) is 14.0. The van der Waals surface area contributed by atoms with E-state index in [-0.39, 0.29) is 12.5 Å². The van der Waals surface area contributed by atoms with Crippen molar-refractivity contribution >= 4 is 27.5 Å². The van der Waals surface area contributed by atoms with E-state index < -0.39 is 0 Å². The van der Waals surface area contributed by atoms with Crippen molar-refractivity contribution in [1.82, 2.24) is 4.90 Å². The van der Waals surface area contributed by atoms with Crippen LogP contribution in [0.4, 0.5) is 5.69 Å². The Kier molecular flexibility index (Phi) is 6.63. The molecule has 2 aromatic carbocycles. The molecule has 2 aromatic rings. The summed E-state index contributed by atoms with van der Waals surface area (Å²) in [5.74, 6) is 1.42. The maximum Gasteiger partial charge on any atom is 0.238 e. The van der Waals surface area contributed by atoms with Crippen molar-refractivity contribution in [3.63, 3.8) is 0 Å². The molecule has 0 spiro atoms. The molecule has 1 amide bonds. The first kappa shape index (κ1) is 18.3. The van der Waals surface area contributed by atoms with Crippen LogP contribution in [-0.4, -0.2) is 38.6 Å². The Morgan fingerprint density at radius 2 is 1.96 bits per heavy atom. The number of carbonyl (C=O) groups excluding carboxylic acids is 1. The number of benzene rings is 2. The topological polar surface area (TPSA) is 50.8 Å². The summed E-state index contributed by atoms with van der Waals surface area (Å²) in [6, 6.07) is 13.2. The Morgan fingerprint density at radius 3 is 2.62 bits per heavy atom. The first-order valence-electron chi connectivity index (χ1n) is 7.46. The van der Waals surface area contributed by atoms with Crippen LogP contribution >= 0.6 is 15.9 Å². The molecule has 0 aliphatic heterocycles. The second kappa shape index (κ2) is 8.70. The van der Waals surface area contributed by atoms with E-state index in [4.69, 9.17) is 9.47 Å². The number of halogens is 1. The Bertz CT molecular complexity index is 706. The predicted octanol–water partition coefficient (Wildman–Crippen LogP) is 3.54. The molecular formula is C18H21BrN2O3. The van der Waals surface area contributed by atoms with Gasteiger partial charge in [-0.05, 0) is 31.3 Å². The summed E-state index contributed by atoms with van der Waals surface area (Å²) in [5.41, 5.74) is 1.76. The molecule has 24 heavy (non-hydrogen) atoms. The van der Waals surface area contributed by atoms with E-state index in [9.17, 15) is 4.79 Å². The van der Waals surface area contributed by atoms with Crippen molar-refractivity contribution in [3.05, 3.63) is 52.5 Å². The van der Waals surface area contributed by atoms with E-state index in [0.717, 1.165) is 27.2 Å². The molecule has 0 fully saturated rings. The SMILES string of the molecule is COc1ccc(CN(C)CC(=O)Nc2cccc(Br)c2)c(OC)c1. The fourth-order valence-corrected chi connectivity index (χ4v) is 2.74. The van der Waals surface area contributed by atoms with Crippen LogP contribution < -0.4 is 14.8 Å². The van der Waals surface area contributed by atoms with Crippen LogP contribution in [-0.2, 0) is 11.3 Å². The number of hydrogen-bond donors (Lipinski definition) is 1. The molecule has 0 unspecified atom stereocenters. The van der Waals surface area contributed by atoms with Gasteiger partial charge in [0.2, 0.25) is 5.91 Å². The number of nitrogens with zero attached hydrogens (tertiary/aromatic N) is 1. The molecule has 6 heteroatoms. The van der Waals surface area contributed by atoms with E-state index in [1.165, 1.54) is 0 Å². The number of anilines is 1.